The van der Waals surface area contributed by atoms with E-state index in [0.717, 1.165) is 44.9 Å². The monoisotopic (exact) mass is 741 g/mol. The van der Waals surface area contributed by atoms with Crippen LogP contribution < -0.4 is 14.4 Å². The molecule has 1 N–H and O–H groups in total. The first-order chi connectivity index (χ1) is 24.4. The Morgan fingerprint density at radius 1 is 1.12 bits per heavy atom. The number of nitrogens with zero attached hydrogens (tertiary/aromatic N) is 2. The highest BCUT2D eigenvalue weighted by molar-refractivity contribution is 7.90. The molecule has 276 valence electrons. The lowest BCUT2D eigenvalue weighted by molar-refractivity contribution is -0.139. The molecule has 5 aliphatic rings. The number of halogens is 1. The average Bonchev–Trinajstić information content (AvgIpc) is 3.49. The van der Waals surface area contributed by atoms with Crippen molar-refractivity contribution >= 4 is 39.3 Å². The second-order valence-electron chi connectivity index (χ2n) is 15.2. The van der Waals surface area contributed by atoms with Gasteiger partial charge in [0, 0.05) is 43.1 Å². The zero-order valence-electron chi connectivity index (χ0n) is 29.6. The minimum absolute atomic E-state index is 0.0193. The summed E-state index contributed by atoms with van der Waals surface area (Å²) in [6, 6.07) is 10.9. The van der Waals surface area contributed by atoms with Crippen molar-refractivity contribution < 1.29 is 37.0 Å². The molecule has 2 fully saturated rings. The van der Waals surface area contributed by atoms with Crippen molar-refractivity contribution in [3.63, 3.8) is 0 Å². The van der Waals surface area contributed by atoms with Crippen molar-refractivity contribution in [3.05, 3.63) is 64.7 Å². The molecule has 0 radical (unpaired) electrons. The summed E-state index contributed by atoms with van der Waals surface area (Å²) in [5.41, 5.74) is 1.24. The first-order valence-corrected chi connectivity index (χ1v) is 19.9. The third-order valence-corrected chi connectivity index (χ3v) is 13.1. The summed E-state index contributed by atoms with van der Waals surface area (Å²) in [6.07, 6.45) is 9.10. The molecule has 11 nitrogen and oxygen atoms in total. The van der Waals surface area contributed by atoms with E-state index in [-0.39, 0.29) is 40.9 Å². The van der Waals surface area contributed by atoms with E-state index >= 15 is 0 Å². The lowest BCUT2D eigenvalue weighted by atomic mass is 9.68. The van der Waals surface area contributed by atoms with Crippen molar-refractivity contribution in [2.75, 3.05) is 51.5 Å². The third kappa shape index (κ3) is 7.21. The van der Waals surface area contributed by atoms with E-state index < -0.39 is 27.6 Å². The summed E-state index contributed by atoms with van der Waals surface area (Å²) < 4.78 is 53.7. The maximum absolute atomic E-state index is 13.7. The molecule has 1 saturated carbocycles. The molecule has 1 spiro atoms. The molecule has 13 heteroatoms. The predicted molar refractivity (Wildman–Crippen MR) is 193 cm³/mol. The number of amides is 2. The van der Waals surface area contributed by atoms with Crippen LogP contribution in [0, 0.1) is 11.8 Å². The zero-order chi connectivity index (χ0) is 36.0. The van der Waals surface area contributed by atoms with Crippen LogP contribution in [0.3, 0.4) is 0 Å². The number of ether oxygens (including phenoxy) is 4. The van der Waals surface area contributed by atoms with E-state index in [4.69, 9.17) is 30.5 Å². The Hall–Kier alpha value is -3.32. The highest BCUT2D eigenvalue weighted by atomic mass is 35.5. The molecule has 2 amide bonds. The molecular weight excluding hydrogens is 694 g/mol. The van der Waals surface area contributed by atoms with Crippen LogP contribution in [-0.2, 0) is 40.9 Å². The van der Waals surface area contributed by atoms with Gasteiger partial charge in [-0.05, 0) is 112 Å². The van der Waals surface area contributed by atoms with E-state index in [9.17, 15) is 18.0 Å². The Balaban J connectivity index is 1.27. The molecular formula is C38H48ClN3O8S. The molecule has 3 heterocycles. The second kappa shape index (κ2) is 14.2. The maximum Gasteiger partial charge on any atom is 0.410 e. The number of fused-ring (bicyclic) bond motifs is 4. The molecule has 0 aromatic heterocycles. The molecule has 2 bridgehead atoms. The van der Waals surface area contributed by atoms with Gasteiger partial charge in [-0.15, -0.1) is 0 Å². The first-order valence-electron chi connectivity index (χ1n) is 18.0. The maximum atomic E-state index is 13.7. The molecule has 0 unspecified atom stereocenters. The van der Waals surface area contributed by atoms with Crippen LogP contribution in [-0.4, -0.2) is 89.6 Å². The molecule has 2 aliphatic carbocycles. The normalized spacial score (nSPS) is 30.5. The largest absolute Gasteiger partial charge is 0.490 e. The number of benzene rings is 2. The van der Waals surface area contributed by atoms with Crippen molar-refractivity contribution in [1.29, 1.82) is 0 Å². The second-order valence-corrected chi connectivity index (χ2v) is 17.3. The van der Waals surface area contributed by atoms with Crippen LogP contribution in [0.4, 0.5) is 10.5 Å². The minimum atomic E-state index is -4.24. The van der Waals surface area contributed by atoms with Gasteiger partial charge in [0.1, 0.15) is 17.5 Å². The summed E-state index contributed by atoms with van der Waals surface area (Å²) in [5, 5.41) is 0.701. The lowest BCUT2D eigenvalue weighted by Gasteiger charge is -2.46. The van der Waals surface area contributed by atoms with E-state index in [1.165, 1.54) is 31.0 Å². The van der Waals surface area contributed by atoms with Gasteiger partial charge in [0.2, 0.25) is 0 Å². The number of methoxy groups -OCH3 is 1. The van der Waals surface area contributed by atoms with Gasteiger partial charge in [0.15, 0.2) is 0 Å². The Kier molecular flexibility index (Phi) is 10.1. The van der Waals surface area contributed by atoms with Crippen molar-refractivity contribution in [2.45, 2.75) is 86.9 Å². The van der Waals surface area contributed by atoms with Crippen molar-refractivity contribution in [2.24, 2.45) is 11.8 Å². The van der Waals surface area contributed by atoms with Gasteiger partial charge in [-0.2, -0.15) is 0 Å². The summed E-state index contributed by atoms with van der Waals surface area (Å²) in [6.45, 7) is 5.78. The fraction of sp³-hybridized carbons (Fsp3) is 0.579. The lowest BCUT2D eigenvalue weighted by Crippen LogP contribution is -2.50. The molecule has 51 heavy (non-hydrogen) atoms. The number of carbonyl (C=O) groups excluding carboxylic acids is 2. The Bertz CT molecular complexity index is 1800. The van der Waals surface area contributed by atoms with Crippen LogP contribution in [0.25, 0.3) is 0 Å². The van der Waals surface area contributed by atoms with Crippen LogP contribution in [0.1, 0.15) is 63.5 Å². The summed E-state index contributed by atoms with van der Waals surface area (Å²) in [4.78, 5) is 31.0. The van der Waals surface area contributed by atoms with Crippen LogP contribution in [0.5, 0.6) is 5.75 Å². The van der Waals surface area contributed by atoms with Gasteiger partial charge in [0.05, 0.1) is 36.4 Å². The number of anilines is 1. The predicted octanol–water partition coefficient (Wildman–Crippen LogP) is 5.63. The quantitative estimate of drug-likeness (QED) is 0.399. The van der Waals surface area contributed by atoms with Gasteiger partial charge in [-0.25, -0.2) is 17.9 Å². The fourth-order valence-electron chi connectivity index (χ4n) is 8.51. The molecule has 3 aliphatic heterocycles. The molecule has 2 aromatic carbocycles. The number of likely N-dealkylation sites (tertiary alicyclic amines) is 1. The average molecular weight is 742 g/mol. The standard InChI is InChI=1S/C38H48ClN3O8S/c1-37(2)35(43)40-51(45,46)29-12-15-34-32(20-29)41(23-38(24-48-34)16-4-7-25-19-27(39)11-14-31(25)38)21-26-10-13-30(26)33(9-6-18-49-37)50-36(44)42-17-5-8-28(42)22-47-3/h6,9,11-12,14-15,19-20,26,28,30,33H,4-5,7-8,10,13,16-18,21-24H2,1-3H3,(H,40,43)/b9-6+/t26-,28+,30+,33-,38-/m0/s1. The number of aryl methyl sites for hydroxylation is 1. The Labute approximate surface area is 305 Å². The van der Waals surface area contributed by atoms with Crippen molar-refractivity contribution in [1.82, 2.24) is 9.62 Å². The number of rotatable bonds is 3. The van der Waals surface area contributed by atoms with E-state index in [2.05, 4.69) is 15.7 Å². The highest BCUT2D eigenvalue weighted by Gasteiger charge is 2.46. The summed E-state index contributed by atoms with van der Waals surface area (Å²) >= 11 is 6.45. The van der Waals surface area contributed by atoms with Crippen LogP contribution in [0.2, 0.25) is 5.02 Å². The summed E-state index contributed by atoms with van der Waals surface area (Å²) in [5.74, 6) is -0.0455. The van der Waals surface area contributed by atoms with Gasteiger partial charge in [-0.1, -0.05) is 23.7 Å². The van der Waals surface area contributed by atoms with Crippen LogP contribution >= 0.6 is 11.6 Å². The number of nitrogens with one attached hydrogen (secondary N) is 1. The van der Waals surface area contributed by atoms with Crippen molar-refractivity contribution in [3.8, 4) is 5.75 Å². The Morgan fingerprint density at radius 3 is 2.75 bits per heavy atom. The SMILES string of the molecule is COC[C@H]1CCCN1C(=O)O[C@H]1/C=C/COC(C)(C)C(=O)NS(=O)(=O)c2ccc3c(c2)N(C[C@@H]2CC[C@H]21)C[C@@]1(CCCc2cc(Cl)ccc21)CO3. The Morgan fingerprint density at radius 2 is 1.96 bits per heavy atom. The van der Waals surface area contributed by atoms with Gasteiger partial charge in [0.25, 0.3) is 15.9 Å². The zero-order valence-corrected chi connectivity index (χ0v) is 31.1. The smallest absolute Gasteiger partial charge is 0.410 e. The third-order valence-electron chi connectivity index (χ3n) is 11.5. The highest BCUT2D eigenvalue weighted by Crippen LogP contribution is 2.47. The minimum Gasteiger partial charge on any atom is -0.490 e. The van der Waals surface area contributed by atoms with Gasteiger partial charge in [-0.3, -0.25) is 4.79 Å². The van der Waals surface area contributed by atoms with E-state index in [1.807, 2.05) is 18.2 Å². The topological polar surface area (TPSA) is 124 Å². The number of hydrogen-bond acceptors (Lipinski definition) is 9. The van der Waals surface area contributed by atoms with Gasteiger partial charge < -0.3 is 28.7 Å². The number of sulfonamides is 1. The number of hydrogen-bond donors (Lipinski definition) is 1. The summed E-state index contributed by atoms with van der Waals surface area (Å²) in [7, 11) is -2.60. The molecule has 7 rings (SSSR count). The first kappa shape index (κ1) is 36.1. The molecule has 1 saturated heterocycles. The van der Waals surface area contributed by atoms with Crippen LogP contribution in [0.15, 0.2) is 53.4 Å². The van der Waals surface area contributed by atoms with E-state index in [0.29, 0.717) is 49.3 Å². The van der Waals surface area contributed by atoms with E-state index in [1.54, 1.807) is 30.2 Å². The molecule has 2 aromatic rings. The van der Waals surface area contributed by atoms with Gasteiger partial charge >= 0.3 is 6.09 Å². The fourth-order valence-corrected chi connectivity index (χ4v) is 9.83. The number of carbonyl (C=O) groups is 2. The molecule has 5 atom stereocenters.